The van der Waals surface area contributed by atoms with Crippen molar-refractivity contribution < 1.29 is 19.0 Å². The molecule has 1 aromatic heterocycles. The molecule has 32 heavy (non-hydrogen) atoms. The third kappa shape index (κ3) is 5.72. The Labute approximate surface area is 186 Å². The molecular formula is C25H24N2O5. The van der Waals surface area contributed by atoms with Crippen LogP contribution in [0, 0.1) is 0 Å². The summed E-state index contributed by atoms with van der Waals surface area (Å²) in [6.07, 6.45) is 6.82. The second-order valence-electron chi connectivity index (χ2n) is 6.65. The molecule has 0 aliphatic heterocycles. The van der Waals surface area contributed by atoms with Crippen LogP contribution in [0.4, 0.5) is 0 Å². The molecule has 7 nitrogen and oxygen atoms in total. The number of aromatic nitrogens is 2. The van der Waals surface area contributed by atoms with Gasteiger partial charge < -0.3 is 19.2 Å². The zero-order chi connectivity index (χ0) is 22.9. The molecule has 0 saturated heterocycles. The van der Waals surface area contributed by atoms with Gasteiger partial charge in [-0.15, -0.1) is 0 Å². The van der Waals surface area contributed by atoms with E-state index in [0.29, 0.717) is 5.69 Å². The van der Waals surface area contributed by atoms with Crippen LogP contribution in [0.1, 0.15) is 39.8 Å². The van der Waals surface area contributed by atoms with Gasteiger partial charge in [-0.25, -0.2) is 9.59 Å². The maximum absolute atomic E-state index is 12.7. The molecule has 0 radical (unpaired) electrons. The Hall–Kier alpha value is -4.13. The Kier molecular flexibility index (Phi) is 7.59. The van der Waals surface area contributed by atoms with Crippen molar-refractivity contribution in [3.63, 3.8) is 0 Å². The molecule has 0 amide bonds. The lowest BCUT2D eigenvalue weighted by Gasteiger charge is -2.08. The van der Waals surface area contributed by atoms with E-state index in [2.05, 4.69) is 9.97 Å². The predicted molar refractivity (Wildman–Crippen MR) is 125 cm³/mol. The van der Waals surface area contributed by atoms with Crippen molar-refractivity contribution in [2.45, 2.75) is 6.92 Å². The zero-order valence-corrected chi connectivity index (χ0v) is 18.1. The van der Waals surface area contributed by atoms with Crippen molar-refractivity contribution in [1.82, 2.24) is 9.97 Å². The van der Waals surface area contributed by atoms with E-state index in [-0.39, 0.29) is 17.9 Å². The van der Waals surface area contributed by atoms with Crippen LogP contribution in [0.15, 0.2) is 53.3 Å². The minimum atomic E-state index is -0.569. The highest BCUT2D eigenvalue weighted by atomic mass is 16.5. The number of benzene rings is 2. The number of nitrogens with zero attached hydrogens (tertiary/aromatic N) is 1. The second kappa shape index (κ2) is 10.8. The van der Waals surface area contributed by atoms with Gasteiger partial charge in [-0.3, -0.25) is 0 Å². The van der Waals surface area contributed by atoms with Crippen LogP contribution in [0.25, 0.3) is 24.3 Å². The van der Waals surface area contributed by atoms with Gasteiger partial charge in [-0.1, -0.05) is 36.4 Å². The Morgan fingerprint density at radius 1 is 0.875 bits per heavy atom. The Morgan fingerprint density at radius 3 is 1.91 bits per heavy atom. The first kappa shape index (κ1) is 22.6. The zero-order valence-electron chi connectivity index (χ0n) is 18.1. The summed E-state index contributed by atoms with van der Waals surface area (Å²) in [5.74, 6) is 0.896. The van der Waals surface area contributed by atoms with Crippen molar-refractivity contribution in [2.75, 3.05) is 20.8 Å². The van der Waals surface area contributed by atoms with E-state index < -0.39 is 11.7 Å². The van der Waals surface area contributed by atoms with Gasteiger partial charge in [-0.2, -0.15) is 4.98 Å². The summed E-state index contributed by atoms with van der Waals surface area (Å²) in [5.41, 5.74) is 1.88. The molecule has 0 spiro atoms. The molecule has 2 aromatic carbocycles. The topological polar surface area (TPSA) is 90.5 Å². The van der Waals surface area contributed by atoms with Crippen molar-refractivity contribution in [2.24, 2.45) is 0 Å². The molecule has 0 aliphatic rings. The summed E-state index contributed by atoms with van der Waals surface area (Å²) >= 11 is 0. The molecule has 0 fully saturated rings. The number of aromatic amines is 1. The second-order valence-corrected chi connectivity index (χ2v) is 6.65. The number of carbonyl (C=O) groups excluding carboxylic acids is 1. The minimum Gasteiger partial charge on any atom is -0.497 e. The summed E-state index contributed by atoms with van der Waals surface area (Å²) in [5, 5.41) is 0. The number of hydrogen-bond acceptors (Lipinski definition) is 6. The molecule has 3 aromatic rings. The molecule has 0 unspecified atom stereocenters. The molecule has 3 rings (SSSR count). The van der Waals surface area contributed by atoms with Crippen LogP contribution in [0.2, 0.25) is 0 Å². The van der Waals surface area contributed by atoms with Gasteiger partial charge in [0.05, 0.1) is 32.2 Å². The minimum absolute atomic E-state index is 0.181. The number of esters is 1. The summed E-state index contributed by atoms with van der Waals surface area (Å²) in [6.45, 7) is 1.91. The highest BCUT2D eigenvalue weighted by Gasteiger charge is 2.18. The lowest BCUT2D eigenvalue weighted by molar-refractivity contribution is 0.0524. The smallest absolute Gasteiger partial charge is 0.345 e. The van der Waals surface area contributed by atoms with E-state index >= 15 is 0 Å². The van der Waals surface area contributed by atoms with Crippen LogP contribution in [-0.4, -0.2) is 36.8 Å². The number of methoxy groups -OCH3 is 2. The van der Waals surface area contributed by atoms with Gasteiger partial charge in [0.15, 0.2) is 0 Å². The van der Waals surface area contributed by atoms with Crippen LogP contribution in [0.3, 0.4) is 0 Å². The van der Waals surface area contributed by atoms with Gasteiger partial charge in [-0.05, 0) is 54.5 Å². The predicted octanol–water partition coefficient (Wildman–Crippen LogP) is 4.30. The summed E-state index contributed by atoms with van der Waals surface area (Å²) in [4.78, 5) is 31.5. The third-order valence-electron chi connectivity index (χ3n) is 4.58. The fraction of sp³-hybridized carbons (Fsp3) is 0.160. The van der Waals surface area contributed by atoms with E-state index in [0.717, 1.165) is 22.6 Å². The molecule has 0 atom stereocenters. The van der Waals surface area contributed by atoms with E-state index in [9.17, 15) is 9.59 Å². The average molecular weight is 432 g/mol. The fourth-order valence-electron chi connectivity index (χ4n) is 2.96. The third-order valence-corrected chi connectivity index (χ3v) is 4.58. The number of H-pyrrole nitrogens is 1. The molecule has 0 saturated carbocycles. The Balaban J connectivity index is 2.01. The average Bonchev–Trinajstić information content (AvgIpc) is 2.81. The van der Waals surface area contributed by atoms with Crippen molar-refractivity contribution in [1.29, 1.82) is 0 Å². The van der Waals surface area contributed by atoms with Crippen molar-refractivity contribution >= 4 is 30.3 Å². The van der Waals surface area contributed by atoms with Gasteiger partial charge in [0.2, 0.25) is 0 Å². The van der Waals surface area contributed by atoms with Gasteiger partial charge >= 0.3 is 11.7 Å². The quantitative estimate of drug-likeness (QED) is 0.534. The van der Waals surface area contributed by atoms with E-state index in [1.54, 1.807) is 45.4 Å². The van der Waals surface area contributed by atoms with Crippen molar-refractivity contribution in [3.05, 3.63) is 87.1 Å². The van der Waals surface area contributed by atoms with Crippen molar-refractivity contribution in [3.8, 4) is 11.5 Å². The summed E-state index contributed by atoms with van der Waals surface area (Å²) in [6, 6.07) is 14.7. The van der Waals surface area contributed by atoms with E-state index in [1.807, 2.05) is 48.5 Å². The van der Waals surface area contributed by atoms with Crippen LogP contribution >= 0.6 is 0 Å². The first-order chi connectivity index (χ1) is 15.5. The summed E-state index contributed by atoms with van der Waals surface area (Å²) < 4.78 is 15.5. The number of hydrogen-bond donors (Lipinski definition) is 1. The summed E-state index contributed by atoms with van der Waals surface area (Å²) in [7, 11) is 3.19. The van der Waals surface area contributed by atoms with E-state index in [4.69, 9.17) is 14.2 Å². The SMILES string of the molecule is CCOC(=O)c1c(/C=C/c2ccc(OC)cc2)nc(=O)[nH]c1/C=C/c1ccc(OC)cc1. The van der Waals surface area contributed by atoms with Crippen LogP contribution in [-0.2, 0) is 4.74 Å². The first-order valence-electron chi connectivity index (χ1n) is 9.99. The molecule has 0 bridgehead atoms. The number of carbonyl (C=O) groups is 1. The van der Waals surface area contributed by atoms with Gasteiger partial charge in [0.1, 0.15) is 17.1 Å². The molecule has 1 heterocycles. The number of ether oxygens (including phenoxy) is 3. The Bertz CT molecular complexity index is 1090. The molecule has 0 aliphatic carbocycles. The van der Waals surface area contributed by atoms with Gasteiger partial charge in [0, 0.05) is 0 Å². The van der Waals surface area contributed by atoms with Gasteiger partial charge in [0.25, 0.3) is 0 Å². The fourth-order valence-corrected chi connectivity index (χ4v) is 2.96. The molecular weight excluding hydrogens is 408 g/mol. The number of rotatable bonds is 8. The monoisotopic (exact) mass is 432 g/mol. The van der Waals surface area contributed by atoms with Crippen LogP contribution < -0.4 is 15.2 Å². The standard InChI is InChI=1S/C25H24N2O5/c1-4-32-24(28)23-21(15-9-17-5-11-19(30-2)12-6-17)26-25(29)27-22(23)16-10-18-7-13-20(31-3)14-8-18/h5-16H,4H2,1-3H3,(H,26,27,29)/b15-9+,16-10+. The largest absolute Gasteiger partial charge is 0.497 e. The Morgan fingerprint density at radius 2 is 1.41 bits per heavy atom. The normalized spacial score (nSPS) is 11.1. The molecule has 1 N–H and O–H groups in total. The maximum Gasteiger partial charge on any atom is 0.345 e. The molecule has 7 heteroatoms. The highest BCUT2D eigenvalue weighted by Crippen LogP contribution is 2.19. The lowest BCUT2D eigenvalue weighted by Crippen LogP contribution is -2.20. The number of nitrogens with one attached hydrogen (secondary N) is 1. The highest BCUT2D eigenvalue weighted by molar-refractivity contribution is 5.98. The first-order valence-corrected chi connectivity index (χ1v) is 9.99. The lowest BCUT2D eigenvalue weighted by atomic mass is 10.1. The maximum atomic E-state index is 12.7. The molecule has 164 valence electrons. The van der Waals surface area contributed by atoms with Crippen LogP contribution in [0.5, 0.6) is 11.5 Å². The van der Waals surface area contributed by atoms with E-state index in [1.165, 1.54) is 0 Å².